The summed E-state index contributed by atoms with van der Waals surface area (Å²) in [5.74, 6) is 0. The Bertz CT molecular complexity index is 324. The number of hydrogen-bond donors (Lipinski definition) is 2. The summed E-state index contributed by atoms with van der Waals surface area (Å²) in [5, 5.41) is 16.0. The summed E-state index contributed by atoms with van der Waals surface area (Å²) in [7, 11) is 0. The summed E-state index contributed by atoms with van der Waals surface area (Å²) in [6.45, 7) is -0.290. The Hall–Kier alpha value is -0.690. The molecule has 2 aliphatic rings. The fourth-order valence-corrected chi connectivity index (χ4v) is 2.03. The molecule has 0 aromatic carbocycles. The summed E-state index contributed by atoms with van der Waals surface area (Å²) < 4.78 is 19.2. The van der Waals surface area contributed by atoms with Gasteiger partial charge in [-0.25, -0.2) is 4.39 Å². The van der Waals surface area contributed by atoms with E-state index in [1.165, 1.54) is 4.90 Å². The third-order valence-corrected chi connectivity index (χ3v) is 2.98. The van der Waals surface area contributed by atoms with Gasteiger partial charge in [0.2, 0.25) is 0 Å². The smallest absolute Gasteiger partial charge is 0.256 e. The molecule has 0 saturated carbocycles. The quantitative estimate of drug-likeness (QED) is 0.668. The minimum Gasteiger partial charge on any atom is -0.394 e. The van der Waals surface area contributed by atoms with Gasteiger partial charge in [0.25, 0.3) is 5.13 Å². The van der Waals surface area contributed by atoms with Crippen LogP contribution in [0.25, 0.3) is 0 Å². The van der Waals surface area contributed by atoms with E-state index in [4.69, 9.17) is 21.4 Å². The Balaban J connectivity index is 2.16. The van der Waals surface area contributed by atoms with Crippen molar-refractivity contribution < 1.29 is 19.3 Å². The van der Waals surface area contributed by atoms with Gasteiger partial charge in [0.05, 0.1) is 6.61 Å². The number of nitrogens with zero attached hydrogens (tertiary/aromatic N) is 2. The van der Waals surface area contributed by atoms with Crippen LogP contribution in [0.15, 0.2) is 17.3 Å². The van der Waals surface area contributed by atoms with E-state index < -0.39 is 30.2 Å². The summed E-state index contributed by atoms with van der Waals surface area (Å²) >= 11 is 5.61. The van der Waals surface area contributed by atoms with Gasteiger partial charge in [0, 0.05) is 12.4 Å². The SMILES string of the molecule is OC[C@H]1O[C@@H](N2C=CC=NC2)[C@@](F)(Cl)[C@@H]1O. The van der Waals surface area contributed by atoms with E-state index in [1.54, 1.807) is 18.5 Å². The zero-order valence-corrected chi connectivity index (χ0v) is 9.09. The fourth-order valence-electron chi connectivity index (χ4n) is 1.72. The maximum atomic E-state index is 14.0. The normalized spacial score (nSPS) is 43.0. The second-order valence-corrected chi connectivity index (χ2v) is 4.24. The first-order valence-electron chi connectivity index (χ1n) is 4.82. The molecule has 2 N–H and O–H groups in total. The second kappa shape index (κ2) is 4.29. The van der Waals surface area contributed by atoms with Crippen LogP contribution in [0.1, 0.15) is 0 Å². The number of alkyl halides is 2. The van der Waals surface area contributed by atoms with E-state index in [1.807, 2.05) is 0 Å². The van der Waals surface area contributed by atoms with Crippen molar-refractivity contribution in [3.05, 3.63) is 12.3 Å². The molecule has 0 amide bonds. The lowest BCUT2D eigenvalue weighted by Crippen LogP contribution is -2.47. The van der Waals surface area contributed by atoms with Crippen molar-refractivity contribution in [2.24, 2.45) is 4.99 Å². The first kappa shape index (κ1) is 11.8. The van der Waals surface area contributed by atoms with Crippen molar-refractivity contribution in [3.63, 3.8) is 0 Å². The highest BCUT2D eigenvalue weighted by atomic mass is 35.5. The largest absolute Gasteiger partial charge is 0.394 e. The maximum Gasteiger partial charge on any atom is 0.256 e. The number of hydrogen-bond acceptors (Lipinski definition) is 5. The number of allylic oxidation sites excluding steroid dienone is 1. The molecule has 0 aromatic rings. The molecular formula is C9H12ClFN2O3. The first-order chi connectivity index (χ1) is 7.57. The molecule has 1 fully saturated rings. The Morgan fingerprint density at radius 3 is 2.94 bits per heavy atom. The molecule has 90 valence electrons. The maximum absolute atomic E-state index is 14.0. The Kier molecular flexibility index (Phi) is 3.16. The van der Waals surface area contributed by atoms with Crippen molar-refractivity contribution in [1.82, 2.24) is 4.90 Å². The van der Waals surface area contributed by atoms with Gasteiger partial charge in [-0.2, -0.15) is 0 Å². The Morgan fingerprint density at radius 2 is 2.44 bits per heavy atom. The van der Waals surface area contributed by atoms with Gasteiger partial charge in [-0.05, 0) is 6.08 Å². The lowest BCUT2D eigenvalue weighted by atomic mass is 10.1. The topological polar surface area (TPSA) is 65.3 Å². The van der Waals surface area contributed by atoms with Gasteiger partial charge < -0.3 is 19.8 Å². The number of rotatable bonds is 2. The van der Waals surface area contributed by atoms with E-state index in [2.05, 4.69) is 4.99 Å². The molecule has 1 saturated heterocycles. The van der Waals surface area contributed by atoms with Gasteiger partial charge in [-0.15, -0.1) is 0 Å². The van der Waals surface area contributed by atoms with Crippen LogP contribution < -0.4 is 0 Å². The highest BCUT2D eigenvalue weighted by Gasteiger charge is 2.58. The monoisotopic (exact) mass is 250 g/mol. The molecule has 0 bridgehead atoms. The summed E-state index contributed by atoms with van der Waals surface area (Å²) in [5.41, 5.74) is 0. The predicted molar refractivity (Wildman–Crippen MR) is 55.8 cm³/mol. The van der Waals surface area contributed by atoms with E-state index in [-0.39, 0.29) is 6.67 Å². The third-order valence-electron chi connectivity index (χ3n) is 2.57. The molecule has 0 spiro atoms. The van der Waals surface area contributed by atoms with Crippen molar-refractivity contribution in [2.45, 2.75) is 23.6 Å². The van der Waals surface area contributed by atoms with Crippen molar-refractivity contribution >= 4 is 17.8 Å². The molecule has 2 aliphatic heterocycles. The molecule has 0 unspecified atom stereocenters. The van der Waals surface area contributed by atoms with Gasteiger partial charge >= 0.3 is 0 Å². The van der Waals surface area contributed by atoms with Crippen LogP contribution in [-0.4, -0.2) is 58.2 Å². The highest BCUT2D eigenvalue weighted by molar-refractivity contribution is 6.23. The Labute approximate surface area is 96.8 Å². The fraction of sp³-hybridized carbons (Fsp3) is 0.667. The third kappa shape index (κ3) is 1.82. The van der Waals surface area contributed by atoms with Crippen LogP contribution in [-0.2, 0) is 4.74 Å². The van der Waals surface area contributed by atoms with Crippen LogP contribution in [0.4, 0.5) is 4.39 Å². The molecule has 4 atom stereocenters. The number of halogens is 2. The van der Waals surface area contributed by atoms with Crippen LogP contribution in [0, 0.1) is 0 Å². The minimum atomic E-state index is -2.45. The van der Waals surface area contributed by atoms with E-state index in [9.17, 15) is 9.50 Å². The summed E-state index contributed by atoms with van der Waals surface area (Å²) in [6, 6.07) is 0. The van der Waals surface area contributed by atoms with Gasteiger partial charge in [0.1, 0.15) is 18.9 Å². The van der Waals surface area contributed by atoms with Gasteiger partial charge in [-0.1, -0.05) is 11.6 Å². The van der Waals surface area contributed by atoms with Crippen molar-refractivity contribution in [3.8, 4) is 0 Å². The molecule has 7 heteroatoms. The lowest BCUT2D eigenvalue weighted by Gasteiger charge is -2.31. The minimum absolute atomic E-state index is 0.199. The van der Waals surface area contributed by atoms with Gasteiger partial charge in [-0.3, -0.25) is 4.99 Å². The van der Waals surface area contributed by atoms with Crippen molar-refractivity contribution in [2.75, 3.05) is 13.3 Å². The average molecular weight is 251 g/mol. The summed E-state index contributed by atoms with van der Waals surface area (Å²) in [4.78, 5) is 5.33. The van der Waals surface area contributed by atoms with Gasteiger partial charge in [0.15, 0.2) is 6.23 Å². The van der Waals surface area contributed by atoms with Crippen LogP contribution in [0.5, 0.6) is 0 Å². The molecule has 5 nitrogen and oxygen atoms in total. The predicted octanol–water partition coefficient (Wildman–Crippen LogP) is -0.173. The molecule has 2 rings (SSSR count). The zero-order chi connectivity index (χ0) is 11.8. The summed E-state index contributed by atoms with van der Waals surface area (Å²) in [6.07, 6.45) is 1.00. The first-order valence-corrected chi connectivity index (χ1v) is 5.19. The molecule has 0 radical (unpaired) electrons. The van der Waals surface area contributed by atoms with Crippen LogP contribution >= 0.6 is 11.6 Å². The molecular weight excluding hydrogens is 239 g/mol. The highest BCUT2D eigenvalue weighted by Crippen LogP contribution is 2.40. The number of ether oxygens (including phenoxy) is 1. The number of aliphatic hydroxyl groups is 2. The molecule has 0 aliphatic carbocycles. The standard InChI is InChI=1S/C9H12ClFN2O3/c10-9(11)7(15)6(4-14)16-8(9)13-3-1-2-12-5-13/h1-3,6-8,14-15H,4-5H2/t6-,7-,8-,9-/m1/s1. The van der Waals surface area contributed by atoms with Crippen LogP contribution in [0.3, 0.4) is 0 Å². The second-order valence-electron chi connectivity index (χ2n) is 3.66. The number of aliphatic imine (C=N–C) groups is 1. The van der Waals surface area contributed by atoms with E-state index >= 15 is 0 Å². The van der Waals surface area contributed by atoms with Crippen LogP contribution in [0.2, 0.25) is 0 Å². The lowest BCUT2D eigenvalue weighted by molar-refractivity contribution is -0.0748. The zero-order valence-electron chi connectivity index (χ0n) is 8.33. The Morgan fingerprint density at radius 1 is 1.69 bits per heavy atom. The average Bonchev–Trinajstić information content (AvgIpc) is 2.52. The molecule has 16 heavy (non-hydrogen) atoms. The van der Waals surface area contributed by atoms with Crippen molar-refractivity contribution in [1.29, 1.82) is 0 Å². The van der Waals surface area contributed by atoms with E-state index in [0.29, 0.717) is 0 Å². The molecule has 2 heterocycles. The number of aliphatic hydroxyl groups excluding tert-OH is 2. The molecule has 0 aromatic heterocycles. The van der Waals surface area contributed by atoms with E-state index in [0.717, 1.165) is 0 Å².